The van der Waals surface area contributed by atoms with E-state index in [4.69, 9.17) is 10.3 Å². The summed E-state index contributed by atoms with van der Waals surface area (Å²) in [7, 11) is 0. The molecule has 0 fully saturated rings. The molecule has 0 bridgehead atoms. The number of halogens is 1. The van der Waals surface area contributed by atoms with Crippen molar-refractivity contribution >= 4 is 15.9 Å². The summed E-state index contributed by atoms with van der Waals surface area (Å²) in [5, 5.41) is 4.03. The van der Waals surface area contributed by atoms with Crippen molar-refractivity contribution in [2.75, 3.05) is 0 Å². The van der Waals surface area contributed by atoms with Crippen molar-refractivity contribution in [3.8, 4) is 11.4 Å². The highest BCUT2D eigenvalue weighted by Gasteiger charge is 2.23. The van der Waals surface area contributed by atoms with Crippen molar-refractivity contribution in [2.24, 2.45) is 11.1 Å². The van der Waals surface area contributed by atoms with E-state index in [0.29, 0.717) is 18.1 Å². The largest absolute Gasteiger partial charge is 0.339 e. The average Bonchev–Trinajstić information content (AvgIpc) is 2.80. The predicted octanol–water partition coefficient (Wildman–Crippen LogP) is 3.72. The Bertz CT molecular complexity index is 601. The molecule has 0 radical (unpaired) electrons. The number of nitrogens with zero attached hydrogens (tertiary/aromatic N) is 2. The zero-order valence-electron chi connectivity index (χ0n) is 12.3. The van der Waals surface area contributed by atoms with Gasteiger partial charge in [0.1, 0.15) is 0 Å². The summed E-state index contributed by atoms with van der Waals surface area (Å²) < 4.78 is 6.33. The van der Waals surface area contributed by atoms with Crippen LogP contribution in [0.2, 0.25) is 0 Å². The van der Waals surface area contributed by atoms with E-state index in [2.05, 4.69) is 46.8 Å². The molecule has 0 aliphatic heterocycles. The second-order valence-electron chi connectivity index (χ2n) is 6.15. The molecule has 5 heteroatoms. The van der Waals surface area contributed by atoms with Crippen LogP contribution in [-0.2, 0) is 6.42 Å². The second-order valence-corrected chi connectivity index (χ2v) is 7.01. The molecule has 0 saturated heterocycles. The quantitative estimate of drug-likeness (QED) is 0.926. The number of benzene rings is 1. The van der Waals surface area contributed by atoms with Crippen molar-refractivity contribution < 1.29 is 4.52 Å². The maximum absolute atomic E-state index is 6.14. The highest BCUT2D eigenvalue weighted by atomic mass is 79.9. The van der Waals surface area contributed by atoms with E-state index >= 15 is 0 Å². The van der Waals surface area contributed by atoms with Crippen molar-refractivity contribution in [2.45, 2.75) is 40.2 Å². The van der Waals surface area contributed by atoms with Crippen LogP contribution >= 0.6 is 15.9 Å². The molecule has 0 aliphatic rings. The Labute approximate surface area is 127 Å². The first-order valence-electron chi connectivity index (χ1n) is 6.62. The first-order chi connectivity index (χ1) is 9.27. The number of aromatic nitrogens is 2. The lowest BCUT2D eigenvalue weighted by Gasteiger charge is -2.25. The van der Waals surface area contributed by atoms with Crippen molar-refractivity contribution in [3.63, 3.8) is 0 Å². The van der Waals surface area contributed by atoms with Gasteiger partial charge in [-0.15, -0.1) is 0 Å². The van der Waals surface area contributed by atoms with Gasteiger partial charge in [0.25, 0.3) is 0 Å². The summed E-state index contributed by atoms with van der Waals surface area (Å²) in [5.41, 5.74) is 8.26. The Balaban J connectivity index is 2.18. The van der Waals surface area contributed by atoms with Gasteiger partial charge in [0.2, 0.25) is 11.7 Å². The van der Waals surface area contributed by atoms with E-state index in [0.717, 1.165) is 10.0 Å². The Morgan fingerprint density at radius 3 is 2.65 bits per heavy atom. The van der Waals surface area contributed by atoms with Crippen LogP contribution in [0, 0.1) is 12.3 Å². The molecule has 108 valence electrons. The molecule has 20 heavy (non-hydrogen) atoms. The van der Waals surface area contributed by atoms with Crippen LogP contribution in [-0.4, -0.2) is 16.2 Å². The van der Waals surface area contributed by atoms with Gasteiger partial charge in [-0.3, -0.25) is 0 Å². The van der Waals surface area contributed by atoms with E-state index in [-0.39, 0.29) is 11.5 Å². The zero-order chi connectivity index (χ0) is 14.9. The fourth-order valence-electron chi connectivity index (χ4n) is 1.68. The van der Waals surface area contributed by atoms with Crippen LogP contribution in [0.5, 0.6) is 0 Å². The minimum absolute atomic E-state index is 0.0134. The molecular weight excluding hydrogens is 318 g/mol. The Hall–Kier alpha value is -1.20. The maximum Gasteiger partial charge on any atom is 0.228 e. The normalized spacial score (nSPS) is 13.5. The molecular formula is C15H20BrN3O. The van der Waals surface area contributed by atoms with E-state index in [1.165, 1.54) is 5.56 Å². The Morgan fingerprint density at radius 2 is 2.05 bits per heavy atom. The fourth-order valence-corrected chi connectivity index (χ4v) is 2.06. The molecule has 0 saturated carbocycles. The lowest BCUT2D eigenvalue weighted by Crippen LogP contribution is -2.36. The van der Waals surface area contributed by atoms with Gasteiger partial charge in [-0.05, 0) is 24.0 Å². The predicted molar refractivity (Wildman–Crippen MR) is 83.3 cm³/mol. The molecule has 2 N–H and O–H groups in total. The Morgan fingerprint density at radius 1 is 1.35 bits per heavy atom. The van der Waals surface area contributed by atoms with E-state index in [9.17, 15) is 0 Å². The number of nitrogens with two attached hydrogens (primary N) is 1. The number of hydrogen-bond acceptors (Lipinski definition) is 4. The lowest BCUT2D eigenvalue weighted by molar-refractivity contribution is 0.286. The molecule has 1 atom stereocenters. The van der Waals surface area contributed by atoms with Gasteiger partial charge in [0, 0.05) is 22.5 Å². The van der Waals surface area contributed by atoms with Crippen molar-refractivity contribution in [3.05, 3.63) is 34.1 Å². The number of hydrogen-bond donors (Lipinski definition) is 1. The first-order valence-corrected chi connectivity index (χ1v) is 7.41. The van der Waals surface area contributed by atoms with Gasteiger partial charge in [-0.1, -0.05) is 54.0 Å². The summed E-state index contributed by atoms with van der Waals surface area (Å²) in [6.45, 7) is 8.35. The van der Waals surface area contributed by atoms with E-state index in [1.807, 2.05) is 25.1 Å². The van der Waals surface area contributed by atoms with Crippen molar-refractivity contribution in [1.82, 2.24) is 10.1 Å². The van der Waals surface area contributed by atoms with E-state index < -0.39 is 0 Å². The summed E-state index contributed by atoms with van der Waals surface area (Å²) >= 11 is 3.51. The monoisotopic (exact) mass is 337 g/mol. The third-order valence-corrected chi connectivity index (χ3v) is 4.26. The fraction of sp³-hybridized carbons (Fsp3) is 0.467. The molecule has 2 aromatic rings. The van der Waals surface area contributed by atoms with Crippen LogP contribution in [0.3, 0.4) is 0 Å². The second kappa shape index (κ2) is 5.66. The van der Waals surface area contributed by atoms with Crippen LogP contribution in [0.25, 0.3) is 11.4 Å². The van der Waals surface area contributed by atoms with Gasteiger partial charge in [-0.25, -0.2) is 0 Å². The maximum atomic E-state index is 6.14. The van der Waals surface area contributed by atoms with Gasteiger partial charge >= 0.3 is 0 Å². The highest BCUT2D eigenvalue weighted by molar-refractivity contribution is 9.10. The summed E-state index contributed by atoms with van der Waals surface area (Å²) in [4.78, 5) is 4.43. The van der Waals surface area contributed by atoms with Crippen LogP contribution in [0.4, 0.5) is 0 Å². The molecule has 1 unspecified atom stereocenters. The highest BCUT2D eigenvalue weighted by Crippen LogP contribution is 2.25. The molecule has 0 spiro atoms. The SMILES string of the molecule is Cc1ccc(-c2noc(CC(N)C(C)(C)C)n2)cc1Br. The number of rotatable bonds is 3. The van der Waals surface area contributed by atoms with Gasteiger partial charge in [0.15, 0.2) is 0 Å². The molecule has 1 aromatic heterocycles. The molecule has 1 heterocycles. The smallest absolute Gasteiger partial charge is 0.228 e. The van der Waals surface area contributed by atoms with Gasteiger partial charge in [0.05, 0.1) is 0 Å². The molecule has 4 nitrogen and oxygen atoms in total. The van der Waals surface area contributed by atoms with Crippen LogP contribution in [0.15, 0.2) is 27.2 Å². The minimum Gasteiger partial charge on any atom is -0.339 e. The third kappa shape index (κ3) is 3.46. The average molecular weight is 338 g/mol. The lowest BCUT2D eigenvalue weighted by atomic mass is 9.85. The van der Waals surface area contributed by atoms with Crippen LogP contribution < -0.4 is 5.73 Å². The van der Waals surface area contributed by atoms with E-state index in [1.54, 1.807) is 0 Å². The standard InChI is InChI=1S/C15H20BrN3O/c1-9-5-6-10(7-11(9)16)14-18-13(20-19-14)8-12(17)15(2,3)4/h5-7,12H,8,17H2,1-4H3. The van der Waals surface area contributed by atoms with Gasteiger partial charge < -0.3 is 10.3 Å². The molecule has 0 aliphatic carbocycles. The topological polar surface area (TPSA) is 64.9 Å². The van der Waals surface area contributed by atoms with Crippen LogP contribution in [0.1, 0.15) is 32.2 Å². The molecule has 0 amide bonds. The van der Waals surface area contributed by atoms with Crippen molar-refractivity contribution in [1.29, 1.82) is 0 Å². The minimum atomic E-state index is -0.0134. The number of aryl methyl sites for hydroxylation is 1. The molecule has 1 aromatic carbocycles. The Kier molecular flexibility index (Phi) is 4.30. The molecule has 2 rings (SSSR count). The first kappa shape index (κ1) is 15.2. The summed E-state index contributed by atoms with van der Waals surface area (Å²) in [5.74, 6) is 1.18. The zero-order valence-corrected chi connectivity index (χ0v) is 13.9. The summed E-state index contributed by atoms with van der Waals surface area (Å²) in [6, 6.07) is 5.99. The summed E-state index contributed by atoms with van der Waals surface area (Å²) in [6.07, 6.45) is 0.587. The van der Waals surface area contributed by atoms with Gasteiger partial charge in [-0.2, -0.15) is 4.98 Å². The third-order valence-electron chi connectivity index (χ3n) is 3.41.